The van der Waals surface area contributed by atoms with Crippen LogP contribution in [0.1, 0.15) is 39.2 Å². The molecular formula is C38H33Br2ClN6O5. The van der Waals surface area contributed by atoms with E-state index < -0.39 is 11.8 Å². The average molecular weight is 849 g/mol. The molecule has 0 aliphatic heterocycles. The molecule has 0 saturated carbocycles. The van der Waals surface area contributed by atoms with Crippen LogP contribution in [0.5, 0.6) is 0 Å². The number of hydrogen-bond donors (Lipinski definition) is 2. The first kappa shape index (κ1) is 39.4. The standard InChI is InChI=1S/C18H14N4O2.C10H8BrNO.C7H6BrNO.C3H5ClO/c1-11-10-24-18(21-11)14-5-3-2-4-13(14)12-6-7-16-20-8-15(17(19)23)22(16)9-12;1-7-6-13-10(12-7)8-4-2-3-5-9(8)11;8-6-4-2-1-3-5(6)7(9)10;1-3(5)2-4/h2-10H,1H3,(H2,19,23);2-6H,1H3;1-4H,(H2,9,10);2H2,1H3. The predicted octanol–water partition coefficient (Wildman–Crippen LogP) is 8.84. The summed E-state index contributed by atoms with van der Waals surface area (Å²) in [6.07, 6.45) is 6.59. The Morgan fingerprint density at radius 2 is 1.25 bits per heavy atom. The molecule has 3 aromatic carbocycles. The highest BCUT2D eigenvalue weighted by molar-refractivity contribution is 9.10. The van der Waals surface area contributed by atoms with E-state index in [-0.39, 0.29) is 11.7 Å². The zero-order valence-electron chi connectivity index (χ0n) is 28.2. The number of pyridine rings is 1. The Bertz CT molecular complexity index is 2320. The van der Waals surface area contributed by atoms with Gasteiger partial charge in [0.15, 0.2) is 0 Å². The van der Waals surface area contributed by atoms with Gasteiger partial charge in [-0.15, -0.1) is 11.6 Å². The van der Waals surface area contributed by atoms with E-state index in [1.807, 2.05) is 86.8 Å². The highest BCUT2D eigenvalue weighted by atomic mass is 79.9. The van der Waals surface area contributed by atoms with Gasteiger partial charge in [0, 0.05) is 20.7 Å². The van der Waals surface area contributed by atoms with Crippen LogP contribution >= 0.6 is 43.5 Å². The summed E-state index contributed by atoms with van der Waals surface area (Å²) in [5, 5.41) is 0. The summed E-state index contributed by atoms with van der Waals surface area (Å²) in [6.45, 7) is 5.24. The molecule has 0 saturated heterocycles. The zero-order chi connectivity index (χ0) is 37.8. The Kier molecular flexibility index (Phi) is 14.2. The van der Waals surface area contributed by atoms with Gasteiger partial charge < -0.3 is 20.3 Å². The summed E-state index contributed by atoms with van der Waals surface area (Å²) in [5.74, 6) is 0.448. The van der Waals surface area contributed by atoms with Gasteiger partial charge in [-0.05, 0) is 106 Å². The topological polar surface area (TPSA) is 173 Å². The number of primary amides is 2. The normalized spacial score (nSPS) is 10.2. The molecule has 7 rings (SSSR count). The fraction of sp³-hybridized carbons (Fsp3) is 0.105. The molecule has 0 spiro atoms. The van der Waals surface area contributed by atoms with Crippen LogP contribution in [-0.2, 0) is 4.79 Å². The molecule has 7 aromatic rings. The minimum atomic E-state index is -0.517. The van der Waals surface area contributed by atoms with Crippen molar-refractivity contribution in [3.63, 3.8) is 0 Å². The maximum absolute atomic E-state index is 11.6. The number of amides is 2. The molecule has 4 heterocycles. The van der Waals surface area contributed by atoms with Gasteiger partial charge in [0.05, 0.1) is 34.6 Å². The number of carbonyl (C=O) groups is 3. The summed E-state index contributed by atoms with van der Waals surface area (Å²) >= 11 is 11.6. The second-order valence-electron chi connectivity index (χ2n) is 10.9. The Morgan fingerprint density at radius 3 is 1.73 bits per heavy atom. The van der Waals surface area contributed by atoms with Crippen molar-refractivity contribution in [1.82, 2.24) is 19.4 Å². The van der Waals surface area contributed by atoms with Crippen LogP contribution in [0.2, 0.25) is 0 Å². The van der Waals surface area contributed by atoms with E-state index in [4.69, 9.17) is 31.9 Å². The third-order valence-electron chi connectivity index (χ3n) is 6.90. The maximum Gasteiger partial charge on any atom is 0.267 e. The molecule has 4 N–H and O–H groups in total. The number of fused-ring (bicyclic) bond motifs is 1. The first-order valence-corrected chi connectivity index (χ1v) is 17.6. The monoisotopic (exact) mass is 846 g/mol. The molecule has 0 aliphatic rings. The van der Waals surface area contributed by atoms with Gasteiger partial charge in [0.1, 0.15) is 29.7 Å². The first-order valence-electron chi connectivity index (χ1n) is 15.4. The van der Waals surface area contributed by atoms with E-state index >= 15 is 0 Å². The number of benzene rings is 3. The summed E-state index contributed by atoms with van der Waals surface area (Å²) in [4.78, 5) is 44.7. The molecule has 266 valence electrons. The molecule has 0 aliphatic carbocycles. The first-order chi connectivity index (χ1) is 24.9. The fourth-order valence-electron chi connectivity index (χ4n) is 4.49. The molecular weight excluding hydrogens is 816 g/mol. The van der Waals surface area contributed by atoms with Gasteiger partial charge >= 0.3 is 0 Å². The molecule has 52 heavy (non-hydrogen) atoms. The lowest BCUT2D eigenvalue weighted by Gasteiger charge is -2.08. The van der Waals surface area contributed by atoms with Gasteiger partial charge in [0.2, 0.25) is 17.7 Å². The van der Waals surface area contributed by atoms with E-state index in [0.717, 1.165) is 42.6 Å². The van der Waals surface area contributed by atoms with Gasteiger partial charge in [-0.25, -0.2) is 15.0 Å². The van der Waals surface area contributed by atoms with Crippen LogP contribution in [0, 0.1) is 13.8 Å². The summed E-state index contributed by atoms with van der Waals surface area (Å²) in [6, 6.07) is 26.5. The van der Waals surface area contributed by atoms with Gasteiger partial charge in [-0.3, -0.25) is 18.8 Å². The Hall–Kier alpha value is -5.37. The number of halogens is 3. The number of rotatable bonds is 6. The SMILES string of the molecule is CC(=O)CCl.Cc1coc(-c2ccccc2-c2ccc3ncc(C(N)=O)n3c2)n1.Cc1coc(-c2ccccc2Br)n1.NC(=O)c1ccccc1Br. The fourth-order valence-corrected chi connectivity index (χ4v) is 5.43. The molecule has 0 fully saturated rings. The highest BCUT2D eigenvalue weighted by Crippen LogP contribution is 2.32. The quantitative estimate of drug-likeness (QED) is 0.156. The van der Waals surface area contributed by atoms with Crippen LogP contribution in [-0.4, -0.2) is 42.8 Å². The van der Waals surface area contributed by atoms with E-state index in [2.05, 4.69) is 46.8 Å². The van der Waals surface area contributed by atoms with Crippen LogP contribution in [0.4, 0.5) is 0 Å². The third kappa shape index (κ3) is 10.6. The summed E-state index contributed by atoms with van der Waals surface area (Å²) in [7, 11) is 0. The number of alkyl halides is 1. The minimum Gasteiger partial charge on any atom is -0.444 e. The second kappa shape index (κ2) is 18.7. The highest BCUT2D eigenvalue weighted by Gasteiger charge is 2.14. The Morgan fingerprint density at radius 1 is 0.731 bits per heavy atom. The molecule has 4 aromatic heterocycles. The maximum atomic E-state index is 11.6. The van der Waals surface area contributed by atoms with Gasteiger partial charge in [0.25, 0.3) is 5.91 Å². The van der Waals surface area contributed by atoms with Crippen molar-refractivity contribution >= 4 is 66.7 Å². The number of hydrogen-bond acceptors (Lipinski definition) is 8. The molecule has 0 bridgehead atoms. The van der Waals surface area contributed by atoms with Crippen molar-refractivity contribution in [2.45, 2.75) is 20.8 Å². The number of nitrogens with two attached hydrogens (primary N) is 2. The van der Waals surface area contributed by atoms with Crippen LogP contribution < -0.4 is 11.5 Å². The molecule has 2 amide bonds. The molecule has 11 nitrogen and oxygen atoms in total. The van der Waals surface area contributed by atoms with Crippen molar-refractivity contribution in [2.75, 3.05) is 5.88 Å². The predicted molar refractivity (Wildman–Crippen MR) is 208 cm³/mol. The third-order valence-corrected chi connectivity index (χ3v) is 8.66. The zero-order valence-corrected chi connectivity index (χ0v) is 32.1. The van der Waals surface area contributed by atoms with E-state index in [1.54, 1.807) is 35.1 Å². The number of ketones is 1. The second-order valence-corrected chi connectivity index (χ2v) is 12.9. The Labute approximate surface area is 321 Å². The van der Waals surface area contributed by atoms with Crippen molar-refractivity contribution < 1.29 is 23.2 Å². The molecule has 0 radical (unpaired) electrons. The van der Waals surface area contributed by atoms with Gasteiger partial charge in [-0.1, -0.05) is 42.5 Å². The van der Waals surface area contributed by atoms with Gasteiger partial charge in [-0.2, -0.15) is 0 Å². The largest absolute Gasteiger partial charge is 0.444 e. The molecule has 14 heteroatoms. The average Bonchev–Trinajstić information content (AvgIpc) is 3.89. The van der Waals surface area contributed by atoms with Crippen molar-refractivity contribution in [3.8, 4) is 34.0 Å². The van der Waals surface area contributed by atoms with E-state index in [0.29, 0.717) is 28.7 Å². The summed E-state index contributed by atoms with van der Waals surface area (Å²) in [5.41, 5.74) is 17.4. The molecule has 0 atom stereocenters. The number of imidazole rings is 1. The van der Waals surface area contributed by atoms with E-state index in [1.165, 1.54) is 13.1 Å². The molecule has 0 unspecified atom stereocenters. The summed E-state index contributed by atoms with van der Waals surface area (Å²) < 4.78 is 14.3. The number of aryl methyl sites for hydroxylation is 2. The van der Waals surface area contributed by atoms with E-state index in [9.17, 15) is 14.4 Å². The van der Waals surface area contributed by atoms with Crippen LogP contribution in [0.15, 0.2) is 128 Å². The Balaban J connectivity index is 0.000000181. The lowest BCUT2D eigenvalue weighted by atomic mass is 10.0. The number of nitrogens with zero attached hydrogens (tertiary/aromatic N) is 4. The van der Waals surface area contributed by atoms with Crippen LogP contribution in [0.3, 0.4) is 0 Å². The minimum absolute atomic E-state index is 0.0201. The number of aromatic nitrogens is 4. The number of oxazole rings is 2. The lowest BCUT2D eigenvalue weighted by molar-refractivity contribution is -0.114. The lowest BCUT2D eigenvalue weighted by Crippen LogP contribution is -2.13. The number of carbonyl (C=O) groups excluding carboxylic acids is 3. The van der Waals surface area contributed by atoms with Crippen molar-refractivity contribution in [3.05, 3.63) is 141 Å². The van der Waals surface area contributed by atoms with Crippen LogP contribution in [0.25, 0.3) is 39.7 Å². The van der Waals surface area contributed by atoms with Crippen molar-refractivity contribution in [1.29, 1.82) is 0 Å². The number of Topliss-reactive ketones (excluding diaryl/α,β-unsaturated/α-hetero) is 1. The smallest absolute Gasteiger partial charge is 0.267 e. The van der Waals surface area contributed by atoms with Crippen molar-refractivity contribution in [2.24, 2.45) is 11.5 Å².